The monoisotopic (exact) mass is 468 g/mol. The average Bonchev–Trinajstić information content (AvgIpc) is 2.68. The van der Waals surface area contributed by atoms with E-state index >= 15 is 0 Å². The third-order valence-corrected chi connectivity index (χ3v) is 5.43. The number of likely N-dealkylation sites (N-methyl/N-ethyl adjacent to an activating group) is 1. The van der Waals surface area contributed by atoms with E-state index in [1.165, 1.54) is 25.7 Å². The fourth-order valence-electron chi connectivity index (χ4n) is 2.51. The van der Waals surface area contributed by atoms with E-state index in [1.54, 1.807) is 6.92 Å². The number of quaternary nitrogens is 1. The number of rotatable bonds is 19. The number of phosphoric acid groups is 1. The van der Waals surface area contributed by atoms with Crippen molar-refractivity contribution in [1.82, 2.24) is 0 Å². The largest absolute Gasteiger partial charge is 0.472 e. The summed E-state index contributed by atoms with van der Waals surface area (Å²) in [5.74, 6) is -0.909. The molecule has 0 aromatic heterocycles. The van der Waals surface area contributed by atoms with Gasteiger partial charge in [-0.15, -0.1) is 0 Å². The van der Waals surface area contributed by atoms with Crippen LogP contribution in [-0.2, 0) is 32.7 Å². The Morgan fingerprint density at radius 1 is 0.903 bits per heavy atom. The van der Waals surface area contributed by atoms with Crippen LogP contribution in [0.15, 0.2) is 0 Å². The van der Waals surface area contributed by atoms with Gasteiger partial charge in [0.15, 0.2) is 6.10 Å². The Labute approximate surface area is 187 Å². The minimum atomic E-state index is -4.31. The molecule has 9 nitrogen and oxygen atoms in total. The van der Waals surface area contributed by atoms with E-state index in [1.807, 2.05) is 21.1 Å². The minimum absolute atomic E-state index is 0.0319. The lowest BCUT2D eigenvalue weighted by atomic mass is 10.1. The van der Waals surface area contributed by atoms with Crippen molar-refractivity contribution in [3.05, 3.63) is 0 Å². The fourth-order valence-corrected chi connectivity index (χ4v) is 3.26. The molecule has 2 atom stereocenters. The first-order valence-corrected chi connectivity index (χ1v) is 12.8. The van der Waals surface area contributed by atoms with Gasteiger partial charge < -0.3 is 18.9 Å². The molecule has 0 aliphatic heterocycles. The fraction of sp³-hybridized carbons (Fsp3) is 0.905. The Kier molecular flexibility index (Phi) is 16.1. The van der Waals surface area contributed by atoms with Gasteiger partial charge in [0.1, 0.15) is 19.8 Å². The number of carbonyl (C=O) groups is 2. The van der Waals surface area contributed by atoms with E-state index in [-0.39, 0.29) is 26.1 Å². The molecule has 0 aromatic rings. The summed E-state index contributed by atoms with van der Waals surface area (Å²) in [4.78, 5) is 33.4. The van der Waals surface area contributed by atoms with Crippen LogP contribution in [-0.4, -0.2) is 74.9 Å². The summed E-state index contributed by atoms with van der Waals surface area (Å²) < 4.78 is 32.8. The Balaban J connectivity index is 4.33. The summed E-state index contributed by atoms with van der Waals surface area (Å²) in [7, 11) is 1.47. The van der Waals surface area contributed by atoms with Crippen LogP contribution in [0.4, 0.5) is 0 Å². The van der Waals surface area contributed by atoms with Gasteiger partial charge in [0.25, 0.3) is 0 Å². The molecule has 1 N–H and O–H groups in total. The molecule has 184 valence electrons. The summed E-state index contributed by atoms with van der Waals surface area (Å²) in [6.07, 6.45) is 7.07. The van der Waals surface area contributed by atoms with Crippen molar-refractivity contribution in [3.63, 3.8) is 0 Å². The highest BCUT2D eigenvalue weighted by atomic mass is 31.2. The molecular weight excluding hydrogens is 425 g/mol. The predicted molar refractivity (Wildman–Crippen MR) is 118 cm³/mol. The zero-order chi connectivity index (χ0) is 23.8. The second kappa shape index (κ2) is 16.6. The molecule has 0 radical (unpaired) electrons. The summed E-state index contributed by atoms with van der Waals surface area (Å²) in [6.45, 7) is 3.69. The van der Waals surface area contributed by atoms with Crippen molar-refractivity contribution in [2.45, 2.75) is 77.7 Å². The molecule has 0 bridgehead atoms. The van der Waals surface area contributed by atoms with Gasteiger partial charge in [-0.2, -0.15) is 0 Å². The first kappa shape index (κ1) is 30.0. The number of carbonyl (C=O) groups excluding carboxylic acids is 2. The predicted octanol–water partition coefficient (Wildman–Crippen LogP) is 3.83. The summed E-state index contributed by atoms with van der Waals surface area (Å²) >= 11 is 0. The molecule has 0 amide bonds. The summed E-state index contributed by atoms with van der Waals surface area (Å²) in [6, 6.07) is 0. The Morgan fingerprint density at radius 3 is 2.10 bits per heavy atom. The molecule has 0 saturated carbocycles. The highest BCUT2D eigenvalue weighted by Gasteiger charge is 2.26. The van der Waals surface area contributed by atoms with Gasteiger partial charge in [-0.3, -0.25) is 18.6 Å². The maximum absolute atomic E-state index is 12.0. The van der Waals surface area contributed by atoms with Crippen LogP contribution in [0, 0.1) is 0 Å². The molecule has 0 rings (SSSR count). The van der Waals surface area contributed by atoms with Gasteiger partial charge in [-0.25, -0.2) is 4.57 Å². The van der Waals surface area contributed by atoms with Crippen LogP contribution >= 0.6 is 7.82 Å². The van der Waals surface area contributed by atoms with Crippen molar-refractivity contribution < 1.29 is 42.1 Å². The second-order valence-corrected chi connectivity index (χ2v) is 10.1. The van der Waals surface area contributed by atoms with Crippen LogP contribution in [0.1, 0.15) is 71.6 Å². The van der Waals surface area contributed by atoms with Gasteiger partial charge in [-0.05, 0) is 6.42 Å². The van der Waals surface area contributed by atoms with Crippen molar-refractivity contribution in [3.8, 4) is 0 Å². The van der Waals surface area contributed by atoms with E-state index in [2.05, 4.69) is 6.92 Å². The number of unbranched alkanes of at least 4 members (excludes halogenated alkanes) is 6. The number of hydrogen-bond acceptors (Lipinski definition) is 7. The number of hydrogen-bond donors (Lipinski definition) is 1. The van der Waals surface area contributed by atoms with E-state index in [0.29, 0.717) is 11.0 Å². The smallest absolute Gasteiger partial charge is 0.462 e. The van der Waals surface area contributed by atoms with Crippen molar-refractivity contribution in [2.75, 3.05) is 47.5 Å². The average molecular weight is 469 g/mol. The lowest BCUT2D eigenvalue weighted by molar-refractivity contribution is -0.870. The first-order chi connectivity index (χ1) is 14.5. The van der Waals surface area contributed by atoms with E-state index in [4.69, 9.17) is 18.5 Å². The number of nitrogens with zero attached hydrogens (tertiary/aromatic N) is 1. The molecule has 0 heterocycles. The maximum atomic E-state index is 12.0. The van der Waals surface area contributed by atoms with Crippen molar-refractivity contribution >= 4 is 19.8 Å². The molecular formula is C21H43NO8P+. The lowest BCUT2D eigenvalue weighted by Gasteiger charge is -2.24. The molecule has 0 aliphatic rings. The summed E-state index contributed by atoms with van der Waals surface area (Å²) in [5, 5.41) is 0. The number of phosphoric ester groups is 1. The van der Waals surface area contributed by atoms with Crippen LogP contribution in [0.2, 0.25) is 0 Å². The van der Waals surface area contributed by atoms with Crippen molar-refractivity contribution in [1.29, 1.82) is 0 Å². The van der Waals surface area contributed by atoms with E-state index in [9.17, 15) is 19.0 Å². The SMILES string of the molecule is CCCCCCCCCC(=O)OC[C@H](COP(=O)(O)OCC[N+](C)(C)C)OC(=O)CC. The topological polar surface area (TPSA) is 108 Å². The van der Waals surface area contributed by atoms with E-state index in [0.717, 1.165) is 19.3 Å². The summed E-state index contributed by atoms with van der Waals surface area (Å²) in [5.41, 5.74) is 0. The van der Waals surface area contributed by atoms with Gasteiger partial charge >= 0.3 is 19.8 Å². The number of ether oxygens (including phenoxy) is 2. The maximum Gasteiger partial charge on any atom is 0.472 e. The van der Waals surface area contributed by atoms with Gasteiger partial charge in [-0.1, -0.05) is 52.4 Å². The highest BCUT2D eigenvalue weighted by Crippen LogP contribution is 2.43. The van der Waals surface area contributed by atoms with Crippen LogP contribution < -0.4 is 0 Å². The Bertz CT molecular complexity index is 550. The normalized spacial score (nSPS) is 14.6. The van der Waals surface area contributed by atoms with E-state index < -0.39 is 32.5 Å². The Hall–Kier alpha value is -0.990. The number of esters is 2. The molecule has 0 aromatic carbocycles. The second-order valence-electron chi connectivity index (χ2n) is 8.63. The molecule has 10 heteroatoms. The molecule has 0 spiro atoms. The molecule has 0 saturated heterocycles. The first-order valence-electron chi connectivity index (χ1n) is 11.3. The van der Waals surface area contributed by atoms with Crippen molar-refractivity contribution in [2.24, 2.45) is 0 Å². The standard InChI is InChI=1S/C21H42NO8P/c1-6-8-9-10-11-12-13-14-21(24)27-17-19(30-20(23)7-2)18-29-31(25,26)28-16-15-22(3,4)5/h19H,6-18H2,1-5H3/p+1/t19-/m1/s1. The third-order valence-electron chi connectivity index (χ3n) is 4.44. The minimum Gasteiger partial charge on any atom is -0.462 e. The molecule has 0 aliphatic carbocycles. The van der Waals surface area contributed by atoms with Crippen LogP contribution in [0.25, 0.3) is 0 Å². The molecule has 1 unspecified atom stereocenters. The highest BCUT2D eigenvalue weighted by molar-refractivity contribution is 7.47. The van der Waals surface area contributed by atoms with Gasteiger partial charge in [0, 0.05) is 12.8 Å². The quantitative estimate of drug-likeness (QED) is 0.132. The zero-order valence-electron chi connectivity index (χ0n) is 20.0. The zero-order valence-corrected chi connectivity index (χ0v) is 20.9. The Morgan fingerprint density at radius 2 is 1.52 bits per heavy atom. The lowest BCUT2D eigenvalue weighted by Crippen LogP contribution is -2.37. The molecule has 31 heavy (non-hydrogen) atoms. The third kappa shape index (κ3) is 19.4. The van der Waals surface area contributed by atoms with Gasteiger partial charge in [0.05, 0.1) is 27.7 Å². The van der Waals surface area contributed by atoms with Crippen LogP contribution in [0.5, 0.6) is 0 Å². The molecule has 0 fully saturated rings. The van der Waals surface area contributed by atoms with Crippen LogP contribution in [0.3, 0.4) is 0 Å². The van der Waals surface area contributed by atoms with Gasteiger partial charge in [0.2, 0.25) is 0 Å².